The summed E-state index contributed by atoms with van der Waals surface area (Å²) in [5, 5.41) is 11.2. The Morgan fingerprint density at radius 2 is 2.15 bits per heavy atom. The minimum atomic E-state index is -0.0270. The van der Waals surface area contributed by atoms with Gasteiger partial charge in [-0.15, -0.1) is 0 Å². The molecule has 2 heterocycles. The highest BCUT2D eigenvalue weighted by Gasteiger charge is 2.07. The van der Waals surface area contributed by atoms with Gasteiger partial charge < -0.3 is 5.32 Å². The largest absolute Gasteiger partial charge is 0.354 e. The molecule has 0 saturated carbocycles. The summed E-state index contributed by atoms with van der Waals surface area (Å²) in [5.74, 6) is -0.0270. The van der Waals surface area contributed by atoms with Crippen LogP contribution in [0.25, 0.3) is 0 Å². The van der Waals surface area contributed by atoms with Crippen molar-refractivity contribution in [1.29, 1.82) is 0 Å². The lowest BCUT2D eigenvalue weighted by Gasteiger charge is -2.08. The molecular weight excluding hydrogens is 322 g/mol. The van der Waals surface area contributed by atoms with Crippen LogP contribution in [0.2, 0.25) is 0 Å². The Hall–Kier alpha value is -1.63. The lowest BCUT2D eigenvalue weighted by atomic mass is 10.4. The molecule has 0 aliphatic carbocycles. The number of aromatic nitrogens is 4. The van der Waals surface area contributed by atoms with Gasteiger partial charge in [-0.25, -0.2) is 0 Å². The van der Waals surface area contributed by atoms with Crippen molar-refractivity contribution in [3.63, 3.8) is 0 Å². The molecule has 2 aromatic heterocycles. The molecule has 0 aliphatic heterocycles. The lowest BCUT2D eigenvalue weighted by Crippen LogP contribution is -2.29. The van der Waals surface area contributed by atoms with Crippen molar-refractivity contribution < 1.29 is 4.79 Å². The molecule has 0 atom stereocenters. The zero-order chi connectivity index (χ0) is 14.5. The van der Waals surface area contributed by atoms with Gasteiger partial charge in [-0.3, -0.25) is 14.2 Å². The van der Waals surface area contributed by atoms with Crippen LogP contribution >= 0.6 is 15.9 Å². The average Bonchev–Trinajstić information content (AvgIpc) is 2.96. The summed E-state index contributed by atoms with van der Waals surface area (Å²) in [6.07, 6.45) is 4.34. The number of nitrogens with one attached hydrogen (secondary N) is 1. The number of rotatable bonds is 6. The summed E-state index contributed by atoms with van der Waals surface area (Å²) in [4.78, 5) is 11.8. The van der Waals surface area contributed by atoms with Crippen LogP contribution in [0.5, 0.6) is 0 Å². The molecule has 1 amide bonds. The van der Waals surface area contributed by atoms with Crippen LogP contribution in [0, 0.1) is 13.8 Å². The fourth-order valence-electron chi connectivity index (χ4n) is 1.86. The third-order valence-corrected chi connectivity index (χ3v) is 3.91. The Bertz CT molecular complexity index is 589. The van der Waals surface area contributed by atoms with E-state index in [1.165, 1.54) is 0 Å². The van der Waals surface area contributed by atoms with Crippen LogP contribution in [0.3, 0.4) is 0 Å². The maximum atomic E-state index is 11.8. The van der Waals surface area contributed by atoms with E-state index in [9.17, 15) is 4.79 Å². The topological polar surface area (TPSA) is 64.7 Å². The van der Waals surface area contributed by atoms with Crippen LogP contribution in [-0.4, -0.2) is 32.0 Å². The third kappa shape index (κ3) is 3.69. The summed E-state index contributed by atoms with van der Waals surface area (Å²) in [6, 6.07) is 1.97. The second-order valence-corrected chi connectivity index (χ2v) is 5.49. The first-order valence-electron chi connectivity index (χ1n) is 6.51. The quantitative estimate of drug-likeness (QED) is 0.814. The van der Waals surface area contributed by atoms with Gasteiger partial charge in [0.25, 0.3) is 0 Å². The summed E-state index contributed by atoms with van der Waals surface area (Å²) in [5.41, 5.74) is 2.08. The molecule has 0 spiro atoms. The van der Waals surface area contributed by atoms with Gasteiger partial charge in [-0.1, -0.05) is 0 Å². The highest BCUT2D eigenvalue weighted by molar-refractivity contribution is 9.10. The first kappa shape index (κ1) is 14.8. The predicted molar refractivity (Wildman–Crippen MR) is 79.3 cm³/mol. The first-order chi connectivity index (χ1) is 9.58. The van der Waals surface area contributed by atoms with Crippen molar-refractivity contribution in [1.82, 2.24) is 24.9 Å². The van der Waals surface area contributed by atoms with Crippen LogP contribution in [0.15, 0.2) is 22.9 Å². The molecule has 108 valence electrons. The van der Waals surface area contributed by atoms with Crippen molar-refractivity contribution in [3.05, 3.63) is 34.3 Å². The zero-order valence-corrected chi connectivity index (χ0v) is 13.2. The molecule has 2 aromatic rings. The van der Waals surface area contributed by atoms with E-state index in [0.29, 0.717) is 6.54 Å². The third-order valence-electron chi connectivity index (χ3n) is 3.13. The Balaban J connectivity index is 1.70. The van der Waals surface area contributed by atoms with Gasteiger partial charge in [-0.05, 0) is 42.3 Å². The molecule has 2 rings (SSSR count). The van der Waals surface area contributed by atoms with E-state index in [4.69, 9.17) is 0 Å². The molecule has 0 fully saturated rings. The second kappa shape index (κ2) is 6.69. The van der Waals surface area contributed by atoms with Gasteiger partial charge in [0, 0.05) is 25.0 Å². The van der Waals surface area contributed by atoms with Gasteiger partial charge in [-0.2, -0.15) is 10.2 Å². The smallest absolute Gasteiger partial charge is 0.241 e. The van der Waals surface area contributed by atoms with Crippen LogP contribution < -0.4 is 5.32 Å². The molecule has 1 N–H and O–H groups in total. The van der Waals surface area contributed by atoms with Crippen LogP contribution in [0.4, 0.5) is 0 Å². The number of carbonyl (C=O) groups is 1. The normalized spacial score (nSPS) is 10.8. The summed E-state index contributed by atoms with van der Waals surface area (Å²) < 4.78 is 4.53. The summed E-state index contributed by atoms with van der Waals surface area (Å²) in [7, 11) is 0. The molecular formula is C13H18BrN5O. The van der Waals surface area contributed by atoms with Crippen molar-refractivity contribution in [2.45, 2.75) is 33.4 Å². The molecule has 0 saturated heterocycles. The molecule has 7 heteroatoms. The number of halogens is 1. The molecule has 0 aromatic carbocycles. The van der Waals surface area contributed by atoms with E-state index >= 15 is 0 Å². The minimum absolute atomic E-state index is 0.0270. The number of carbonyl (C=O) groups excluding carboxylic acids is 1. The molecule has 20 heavy (non-hydrogen) atoms. The summed E-state index contributed by atoms with van der Waals surface area (Å²) >= 11 is 3.37. The number of aryl methyl sites for hydroxylation is 2. The summed E-state index contributed by atoms with van der Waals surface area (Å²) in [6.45, 7) is 5.64. The predicted octanol–water partition coefficient (Wildman–Crippen LogP) is 1.67. The number of amides is 1. The minimum Gasteiger partial charge on any atom is -0.354 e. The maximum Gasteiger partial charge on any atom is 0.241 e. The van der Waals surface area contributed by atoms with Crippen LogP contribution in [-0.2, 0) is 17.9 Å². The Kier molecular flexibility index (Phi) is 4.94. The van der Waals surface area contributed by atoms with Crippen molar-refractivity contribution in [2.24, 2.45) is 0 Å². The lowest BCUT2D eigenvalue weighted by molar-refractivity contribution is -0.121. The van der Waals surface area contributed by atoms with Crippen molar-refractivity contribution in [3.8, 4) is 0 Å². The molecule has 0 unspecified atom stereocenters. The SMILES string of the molecule is Cc1ccnn1CCCNC(=O)Cn1ncc(Br)c1C. The van der Waals surface area contributed by atoms with Gasteiger partial charge in [0.1, 0.15) is 6.54 Å². The second-order valence-electron chi connectivity index (χ2n) is 4.63. The van der Waals surface area contributed by atoms with Crippen molar-refractivity contribution in [2.75, 3.05) is 6.54 Å². The molecule has 0 radical (unpaired) electrons. The van der Waals surface area contributed by atoms with Gasteiger partial charge in [0.15, 0.2) is 0 Å². The number of hydrogen-bond acceptors (Lipinski definition) is 3. The first-order valence-corrected chi connectivity index (χ1v) is 7.30. The highest BCUT2D eigenvalue weighted by Crippen LogP contribution is 2.13. The zero-order valence-electron chi connectivity index (χ0n) is 11.6. The van der Waals surface area contributed by atoms with Gasteiger partial charge in [0.2, 0.25) is 5.91 Å². The maximum absolute atomic E-state index is 11.8. The van der Waals surface area contributed by atoms with Crippen LogP contribution in [0.1, 0.15) is 17.8 Å². The Morgan fingerprint density at radius 3 is 2.75 bits per heavy atom. The van der Waals surface area contributed by atoms with E-state index in [1.807, 2.05) is 24.6 Å². The van der Waals surface area contributed by atoms with E-state index in [1.54, 1.807) is 17.1 Å². The van der Waals surface area contributed by atoms with E-state index in [0.717, 1.165) is 28.8 Å². The number of nitrogens with zero attached hydrogens (tertiary/aromatic N) is 4. The Morgan fingerprint density at radius 1 is 1.35 bits per heavy atom. The highest BCUT2D eigenvalue weighted by atomic mass is 79.9. The molecule has 0 aliphatic rings. The van der Waals surface area contributed by atoms with E-state index < -0.39 is 0 Å². The molecule has 0 bridgehead atoms. The standard InChI is InChI=1S/C13H18BrN5O/c1-10-4-6-16-18(10)7-3-5-15-13(20)9-19-11(2)12(14)8-17-19/h4,6,8H,3,5,7,9H2,1-2H3,(H,15,20). The van der Waals surface area contributed by atoms with Gasteiger partial charge in [0.05, 0.1) is 16.4 Å². The fraction of sp³-hybridized carbons (Fsp3) is 0.462. The van der Waals surface area contributed by atoms with Crippen molar-refractivity contribution >= 4 is 21.8 Å². The monoisotopic (exact) mass is 339 g/mol. The van der Waals surface area contributed by atoms with E-state index in [2.05, 4.69) is 31.4 Å². The Labute approximate surface area is 126 Å². The fourth-order valence-corrected chi connectivity index (χ4v) is 2.16. The molecule has 6 nitrogen and oxygen atoms in total. The van der Waals surface area contributed by atoms with Gasteiger partial charge >= 0.3 is 0 Å². The number of hydrogen-bond donors (Lipinski definition) is 1. The van der Waals surface area contributed by atoms with E-state index in [-0.39, 0.29) is 12.5 Å². The average molecular weight is 340 g/mol.